The number of benzene rings is 2. The highest BCUT2D eigenvalue weighted by Crippen LogP contribution is 2.25. The molecule has 4 N–H and O–H groups in total. The number of halogens is 1. The van der Waals surface area contributed by atoms with E-state index >= 15 is 0 Å². The van der Waals surface area contributed by atoms with E-state index in [4.69, 9.17) is 11.6 Å². The van der Waals surface area contributed by atoms with Gasteiger partial charge in [0.05, 0.1) is 16.8 Å². The van der Waals surface area contributed by atoms with E-state index in [9.17, 15) is 19.5 Å². The van der Waals surface area contributed by atoms with Gasteiger partial charge in [-0.1, -0.05) is 35.9 Å². The van der Waals surface area contributed by atoms with E-state index < -0.39 is 18.1 Å². The second-order valence-corrected chi connectivity index (χ2v) is 7.86. The van der Waals surface area contributed by atoms with Crippen LogP contribution in [0, 0.1) is 0 Å². The van der Waals surface area contributed by atoms with Crippen LogP contribution in [0.1, 0.15) is 12.0 Å². The van der Waals surface area contributed by atoms with Gasteiger partial charge in [0.2, 0.25) is 11.8 Å². The van der Waals surface area contributed by atoms with Crippen molar-refractivity contribution in [1.82, 2.24) is 15.5 Å². The van der Waals surface area contributed by atoms with Gasteiger partial charge in [0, 0.05) is 13.0 Å². The fraction of sp³-hybridized carbons (Fsp3) is 0.286. The number of fused-ring (bicyclic) bond motifs is 1. The molecule has 0 spiro atoms. The SMILES string of the molecule is O=C(Nc1ccccc1Cl)N[C@H]1C[C@H]2C(=O)N[C@@H](Cc3ccc(O)cc3)C(=O)N2C1. The number of nitrogens with one attached hydrogen (secondary N) is 3. The second-order valence-electron chi connectivity index (χ2n) is 7.45. The van der Waals surface area contributed by atoms with Crippen molar-refractivity contribution in [3.05, 3.63) is 59.1 Å². The van der Waals surface area contributed by atoms with Gasteiger partial charge >= 0.3 is 6.03 Å². The smallest absolute Gasteiger partial charge is 0.319 e. The van der Waals surface area contributed by atoms with Crippen LogP contribution in [0.5, 0.6) is 5.75 Å². The lowest BCUT2D eigenvalue weighted by Crippen LogP contribution is -2.61. The van der Waals surface area contributed by atoms with Crippen molar-refractivity contribution in [3.8, 4) is 5.75 Å². The minimum atomic E-state index is -0.672. The average Bonchev–Trinajstić information content (AvgIpc) is 3.14. The molecule has 0 saturated carbocycles. The molecule has 9 heteroatoms. The molecule has 30 heavy (non-hydrogen) atoms. The van der Waals surface area contributed by atoms with Crippen molar-refractivity contribution in [3.63, 3.8) is 0 Å². The molecule has 0 aliphatic carbocycles. The molecule has 0 unspecified atom stereocenters. The number of phenols is 1. The molecule has 2 aliphatic heterocycles. The summed E-state index contributed by atoms with van der Waals surface area (Å²) >= 11 is 6.05. The Hall–Kier alpha value is -3.26. The van der Waals surface area contributed by atoms with E-state index in [1.54, 1.807) is 48.5 Å². The summed E-state index contributed by atoms with van der Waals surface area (Å²) in [5.41, 5.74) is 1.31. The van der Waals surface area contributed by atoms with Crippen LogP contribution in [-0.2, 0) is 16.0 Å². The molecule has 2 heterocycles. The lowest BCUT2D eigenvalue weighted by Gasteiger charge is -2.34. The molecular formula is C21H21ClN4O4. The first-order chi connectivity index (χ1) is 14.4. The summed E-state index contributed by atoms with van der Waals surface area (Å²) in [5.74, 6) is -0.265. The van der Waals surface area contributed by atoms with Crippen molar-refractivity contribution >= 4 is 35.1 Å². The van der Waals surface area contributed by atoms with Crippen molar-refractivity contribution in [1.29, 1.82) is 0 Å². The monoisotopic (exact) mass is 428 g/mol. The molecule has 2 aliphatic rings. The molecule has 2 fully saturated rings. The zero-order chi connectivity index (χ0) is 21.3. The summed E-state index contributed by atoms with van der Waals surface area (Å²) in [5, 5.41) is 18.1. The number of hydrogen-bond donors (Lipinski definition) is 4. The van der Waals surface area contributed by atoms with Gasteiger partial charge in [-0.3, -0.25) is 9.59 Å². The van der Waals surface area contributed by atoms with Gasteiger partial charge in [-0.25, -0.2) is 4.79 Å². The lowest BCUT2D eigenvalue weighted by molar-refractivity contribution is -0.147. The molecule has 0 radical (unpaired) electrons. The van der Waals surface area contributed by atoms with Crippen molar-refractivity contribution in [2.45, 2.75) is 31.0 Å². The number of urea groups is 1. The third kappa shape index (κ3) is 4.18. The molecule has 2 aromatic carbocycles. The van der Waals surface area contributed by atoms with E-state index in [1.165, 1.54) is 4.90 Å². The van der Waals surface area contributed by atoms with Crippen molar-refractivity contribution in [2.24, 2.45) is 0 Å². The van der Waals surface area contributed by atoms with Crippen LogP contribution in [0.4, 0.5) is 10.5 Å². The molecule has 8 nitrogen and oxygen atoms in total. The number of hydrogen-bond acceptors (Lipinski definition) is 4. The molecule has 2 aromatic rings. The minimum Gasteiger partial charge on any atom is -0.508 e. The molecule has 156 valence electrons. The number of anilines is 1. The Balaban J connectivity index is 1.38. The van der Waals surface area contributed by atoms with Crippen molar-refractivity contribution in [2.75, 3.05) is 11.9 Å². The lowest BCUT2D eigenvalue weighted by atomic mass is 10.0. The highest BCUT2D eigenvalue weighted by Gasteiger charge is 2.46. The number of rotatable bonds is 4. The Morgan fingerprint density at radius 3 is 2.63 bits per heavy atom. The number of para-hydroxylation sites is 1. The van der Waals surface area contributed by atoms with Gasteiger partial charge in [-0.2, -0.15) is 0 Å². The highest BCUT2D eigenvalue weighted by atomic mass is 35.5. The summed E-state index contributed by atoms with van der Waals surface area (Å²) in [6, 6.07) is 11.3. The normalized spacial score (nSPS) is 23.0. The molecule has 3 atom stereocenters. The summed E-state index contributed by atoms with van der Waals surface area (Å²) < 4.78 is 0. The maximum Gasteiger partial charge on any atom is 0.319 e. The fourth-order valence-corrected chi connectivity index (χ4v) is 4.06. The molecule has 0 bridgehead atoms. The molecule has 0 aromatic heterocycles. The third-order valence-electron chi connectivity index (χ3n) is 5.33. The third-order valence-corrected chi connectivity index (χ3v) is 5.66. The first-order valence-electron chi connectivity index (χ1n) is 9.61. The molecular weight excluding hydrogens is 408 g/mol. The quantitative estimate of drug-likeness (QED) is 0.595. The first-order valence-corrected chi connectivity index (χ1v) is 9.99. The minimum absolute atomic E-state index is 0.140. The van der Waals surface area contributed by atoms with Crippen LogP contribution in [0.3, 0.4) is 0 Å². The van der Waals surface area contributed by atoms with Crippen LogP contribution in [0.2, 0.25) is 5.02 Å². The number of amides is 4. The Morgan fingerprint density at radius 1 is 1.17 bits per heavy atom. The number of aromatic hydroxyl groups is 1. The Morgan fingerprint density at radius 2 is 1.90 bits per heavy atom. The Kier molecular flexibility index (Phi) is 5.50. The predicted molar refractivity (Wildman–Crippen MR) is 111 cm³/mol. The molecule has 4 rings (SSSR count). The number of nitrogens with zero attached hydrogens (tertiary/aromatic N) is 1. The molecule has 4 amide bonds. The van der Waals surface area contributed by atoms with Crippen LogP contribution in [0.25, 0.3) is 0 Å². The zero-order valence-electron chi connectivity index (χ0n) is 16.0. The van der Waals surface area contributed by atoms with Gasteiger partial charge < -0.3 is 26.0 Å². The van der Waals surface area contributed by atoms with Gasteiger partial charge in [-0.15, -0.1) is 0 Å². The number of piperazine rings is 1. The predicted octanol–water partition coefficient (Wildman–Crippen LogP) is 1.88. The van der Waals surface area contributed by atoms with E-state index in [1.807, 2.05) is 0 Å². The fourth-order valence-electron chi connectivity index (χ4n) is 3.87. The van der Waals surface area contributed by atoms with Gasteiger partial charge in [0.25, 0.3) is 0 Å². The summed E-state index contributed by atoms with van der Waals surface area (Å²) in [6.45, 7) is 0.263. The van der Waals surface area contributed by atoms with Gasteiger partial charge in [0.1, 0.15) is 17.8 Å². The van der Waals surface area contributed by atoms with Crippen molar-refractivity contribution < 1.29 is 19.5 Å². The summed E-state index contributed by atoms with van der Waals surface area (Å²) in [4.78, 5) is 39.3. The van der Waals surface area contributed by atoms with Crippen LogP contribution >= 0.6 is 11.6 Å². The van der Waals surface area contributed by atoms with Gasteiger partial charge in [0.15, 0.2) is 0 Å². The Labute approximate surface area is 178 Å². The number of carbonyl (C=O) groups is 3. The van der Waals surface area contributed by atoms with E-state index in [0.717, 1.165) is 5.56 Å². The van der Waals surface area contributed by atoms with E-state index in [0.29, 0.717) is 23.6 Å². The average molecular weight is 429 g/mol. The van der Waals surface area contributed by atoms with Crippen LogP contribution in [-0.4, -0.2) is 52.5 Å². The molecule has 2 saturated heterocycles. The number of phenolic OH excluding ortho intramolecular Hbond substituents is 1. The van der Waals surface area contributed by atoms with Gasteiger partial charge in [-0.05, 0) is 36.2 Å². The second kappa shape index (κ2) is 8.23. The summed E-state index contributed by atoms with van der Waals surface area (Å²) in [7, 11) is 0. The van der Waals surface area contributed by atoms with Crippen LogP contribution < -0.4 is 16.0 Å². The van der Waals surface area contributed by atoms with E-state index in [2.05, 4.69) is 16.0 Å². The van der Waals surface area contributed by atoms with E-state index in [-0.39, 0.29) is 30.2 Å². The topological polar surface area (TPSA) is 111 Å². The zero-order valence-corrected chi connectivity index (χ0v) is 16.7. The first kappa shape index (κ1) is 20.0. The highest BCUT2D eigenvalue weighted by molar-refractivity contribution is 6.33. The van der Waals surface area contributed by atoms with Crippen LogP contribution in [0.15, 0.2) is 48.5 Å². The maximum atomic E-state index is 12.9. The standard InChI is InChI=1S/C21H21ClN4O4/c22-15-3-1-2-4-16(15)25-21(30)23-13-10-18-19(28)24-17(20(29)26(18)11-13)9-12-5-7-14(27)8-6-12/h1-8,13,17-18,27H,9-11H2,(H,24,28)(H2,23,25,30)/t13-,17-,18-/m0/s1. The maximum absolute atomic E-state index is 12.9. The number of carbonyl (C=O) groups excluding carboxylic acids is 3. The largest absolute Gasteiger partial charge is 0.508 e. The Bertz CT molecular complexity index is 981. The summed E-state index contributed by atoms with van der Waals surface area (Å²) in [6.07, 6.45) is 0.679.